The van der Waals surface area contributed by atoms with Crippen molar-refractivity contribution < 1.29 is 19.1 Å². The van der Waals surface area contributed by atoms with Crippen LogP contribution in [0.4, 0.5) is 0 Å². The number of esters is 1. The lowest BCUT2D eigenvalue weighted by Gasteiger charge is -2.14. The van der Waals surface area contributed by atoms with Gasteiger partial charge in [-0.05, 0) is 41.3 Å². The summed E-state index contributed by atoms with van der Waals surface area (Å²) >= 11 is 0. The monoisotopic (exact) mass is 442 g/mol. The minimum absolute atomic E-state index is 0.0776. The normalized spacial score (nSPS) is 10.8. The highest BCUT2D eigenvalue weighted by Crippen LogP contribution is 2.35. The van der Waals surface area contributed by atoms with Crippen LogP contribution < -0.4 is 10.5 Å². The first-order chi connectivity index (χ1) is 16.0. The molecule has 33 heavy (non-hydrogen) atoms. The largest absolute Gasteiger partial charge is 0.481 e. The van der Waals surface area contributed by atoms with E-state index in [4.69, 9.17) is 15.2 Å². The molecule has 0 radical (unpaired) electrons. The summed E-state index contributed by atoms with van der Waals surface area (Å²) in [4.78, 5) is 23.5. The number of hydrogen-bond acceptors (Lipinski definition) is 4. The fourth-order valence-corrected chi connectivity index (χ4v) is 4.21. The van der Waals surface area contributed by atoms with E-state index < -0.39 is 11.9 Å². The smallest absolute Gasteiger partial charge is 0.343 e. The molecule has 6 nitrogen and oxygen atoms in total. The zero-order valence-corrected chi connectivity index (χ0v) is 18.7. The summed E-state index contributed by atoms with van der Waals surface area (Å²) in [6, 6.07) is 24.2. The van der Waals surface area contributed by atoms with Gasteiger partial charge in [-0.25, -0.2) is 4.79 Å². The SMILES string of the molecule is COC(=O)COc1cccc2c1c(CC(N)=O)c(C)n2Cc1ccccc1-c1ccccc1. The molecule has 0 spiro atoms. The Morgan fingerprint density at radius 2 is 1.67 bits per heavy atom. The molecular formula is C27H26N2O4. The van der Waals surface area contributed by atoms with Crippen LogP contribution in [0.25, 0.3) is 22.0 Å². The third-order valence-corrected chi connectivity index (χ3v) is 5.79. The molecule has 1 amide bonds. The van der Waals surface area contributed by atoms with Gasteiger partial charge in [0.2, 0.25) is 5.91 Å². The number of ether oxygens (including phenoxy) is 2. The van der Waals surface area contributed by atoms with Crippen molar-refractivity contribution in [2.75, 3.05) is 13.7 Å². The number of nitrogens with zero attached hydrogens (tertiary/aromatic N) is 1. The number of fused-ring (bicyclic) bond motifs is 1. The lowest BCUT2D eigenvalue weighted by molar-refractivity contribution is -0.142. The average molecular weight is 443 g/mol. The van der Waals surface area contributed by atoms with Crippen molar-refractivity contribution in [3.8, 4) is 16.9 Å². The zero-order valence-electron chi connectivity index (χ0n) is 18.7. The van der Waals surface area contributed by atoms with Gasteiger partial charge in [-0.1, -0.05) is 60.7 Å². The van der Waals surface area contributed by atoms with Gasteiger partial charge in [0, 0.05) is 17.6 Å². The summed E-state index contributed by atoms with van der Waals surface area (Å²) in [5.41, 5.74) is 11.7. The van der Waals surface area contributed by atoms with Crippen LogP contribution in [-0.2, 0) is 27.3 Å². The van der Waals surface area contributed by atoms with Gasteiger partial charge in [0.1, 0.15) is 5.75 Å². The molecule has 2 N–H and O–H groups in total. The van der Waals surface area contributed by atoms with Crippen molar-refractivity contribution in [1.29, 1.82) is 0 Å². The maximum Gasteiger partial charge on any atom is 0.343 e. The Labute approximate surface area is 192 Å². The van der Waals surface area contributed by atoms with E-state index in [9.17, 15) is 9.59 Å². The van der Waals surface area contributed by atoms with E-state index in [0.717, 1.165) is 38.9 Å². The lowest BCUT2D eigenvalue weighted by Crippen LogP contribution is -2.15. The predicted molar refractivity (Wildman–Crippen MR) is 128 cm³/mol. The first kappa shape index (κ1) is 22.1. The van der Waals surface area contributed by atoms with Gasteiger partial charge >= 0.3 is 5.97 Å². The number of primary amides is 1. The first-order valence-corrected chi connectivity index (χ1v) is 10.7. The number of amides is 1. The maximum atomic E-state index is 11.9. The molecule has 6 heteroatoms. The molecule has 0 bridgehead atoms. The van der Waals surface area contributed by atoms with Crippen LogP contribution in [0.3, 0.4) is 0 Å². The average Bonchev–Trinajstić information content (AvgIpc) is 3.09. The number of carbonyl (C=O) groups is 2. The highest BCUT2D eigenvalue weighted by molar-refractivity contribution is 5.95. The van der Waals surface area contributed by atoms with Crippen molar-refractivity contribution >= 4 is 22.8 Å². The lowest BCUT2D eigenvalue weighted by atomic mass is 9.99. The van der Waals surface area contributed by atoms with Crippen LogP contribution in [0.1, 0.15) is 16.8 Å². The molecule has 0 aliphatic heterocycles. The van der Waals surface area contributed by atoms with Gasteiger partial charge in [-0.3, -0.25) is 4.79 Å². The van der Waals surface area contributed by atoms with Gasteiger partial charge in [-0.15, -0.1) is 0 Å². The Morgan fingerprint density at radius 3 is 2.39 bits per heavy atom. The number of benzene rings is 3. The van der Waals surface area contributed by atoms with Crippen molar-refractivity contribution in [2.45, 2.75) is 19.9 Å². The van der Waals surface area contributed by atoms with E-state index in [2.05, 4.69) is 28.8 Å². The molecule has 1 heterocycles. The molecule has 0 aliphatic carbocycles. The second-order valence-corrected chi connectivity index (χ2v) is 7.83. The summed E-state index contributed by atoms with van der Waals surface area (Å²) < 4.78 is 12.6. The Hall–Kier alpha value is -4.06. The van der Waals surface area contributed by atoms with Crippen molar-refractivity contribution in [1.82, 2.24) is 4.57 Å². The summed E-state index contributed by atoms with van der Waals surface area (Å²) in [5.74, 6) is -0.381. The predicted octanol–water partition coefficient (Wildman–Crippen LogP) is 4.24. The van der Waals surface area contributed by atoms with E-state index in [1.54, 1.807) is 6.07 Å². The minimum atomic E-state index is -0.476. The van der Waals surface area contributed by atoms with E-state index >= 15 is 0 Å². The number of nitrogens with two attached hydrogens (primary N) is 1. The van der Waals surface area contributed by atoms with Crippen LogP contribution in [0.5, 0.6) is 5.75 Å². The van der Waals surface area contributed by atoms with E-state index in [1.807, 2.05) is 49.4 Å². The van der Waals surface area contributed by atoms with Gasteiger partial charge < -0.3 is 19.8 Å². The summed E-state index contributed by atoms with van der Waals surface area (Å²) in [5, 5.41) is 0.787. The third-order valence-electron chi connectivity index (χ3n) is 5.79. The van der Waals surface area contributed by atoms with Crippen molar-refractivity contribution in [3.05, 3.63) is 89.6 Å². The molecule has 4 rings (SSSR count). The van der Waals surface area contributed by atoms with Crippen LogP contribution >= 0.6 is 0 Å². The van der Waals surface area contributed by atoms with Gasteiger partial charge in [0.15, 0.2) is 6.61 Å². The number of rotatable bonds is 8. The maximum absolute atomic E-state index is 11.9. The number of aromatic nitrogens is 1. The van der Waals surface area contributed by atoms with Gasteiger partial charge in [-0.2, -0.15) is 0 Å². The molecule has 0 saturated heterocycles. The molecule has 0 unspecified atom stereocenters. The number of methoxy groups -OCH3 is 1. The van der Waals surface area contributed by atoms with E-state index in [0.29, 0.717) is 12.3 Å². The summed E-state index contributed by atoms with van der Waals surface area (Å²) in [6.07, 6.45) is 0.0776. The first-order valence-electron chi connectivity index (χ1n) is 10.7. The number of hydrogen-bond donors (Lipinski definition) is 1. The van der Waals surface area contributed by atoms with Crippen LogP contribution in [0.2, 0.25) is 0 Å². The van der Waals surface area contributed by atoms with Crippen molar-refractivity contribution in [2.24, 2.45) is 5.73 Å². The highest BCUT2D eigenvalue weighted by Gasteiger charge is 2.20. The summed E-state index contributed by atoms with van der Waals surface area (Å²) in [6.45, 7) is 2.37. The molecule has 3 aromatic carbocycles. The molecular weight excluding hydrogens is 416 g/mol. The Kier molecular flexibility index (Phi) is 6.45. The molecule has 0 atom stereocenters. The Balaban J connectivity index is 1.83. The molecule has 4 aromatic rings. The Morgan fingerprint density at radius 1 is 0.939 bits per heavy atom. The van der Waals surface area contributed by atoms with Gasteiger partial charge in [0.25, 0.3) is 0 Å². The molecule has 0 saturated carbocycles. The second kappa shape index (κ2) is 9.61. The van der Waals surface area contributed by atoms with E-state index in [1.165, 1.54) is 7.11 Å². The Bertz CT molecular complexity index is 1310. The minimum Gasteiger partial charge on any atom is -0.481 e. The molecule has 168 valence electrons. The van der Waals surface area contributed by atoms with E-state index in [-0.39, 0.29) is 13.0 Å². The topological polar surface area (TPSA) is 83.6 Å². The van der Waals surface area contributed by atoms with Crippen LogP contribution in [0.15, 0.2) is 72.8 Å². The standard InChI is InChI=1S/C27H26N2O4/c1-18-22(15-25(28)30)27-23(13-8-14-24(27)33-17-26(31)32-2)29(18)16-20-11-6-7-12-21(20)19-9-4-3-5-10-19/h3-14H,15-17H2,1-2H3,(H2,28,30). The number of carbonyl (C=O) groups excluding carboxylic acids is 2. The quantitative estimate of drug-likeness (QED) is 0.414. The zero-order chi connectivity index (χ0) is 23.4. The highest BCUT2D eigenvalue weighted by atomic mass is 16.6. The third kappa shape index (κ3) is 4.60. The fourth-order valence-electron chi connectivity index (χ4n) is 4.21. The fraction of sp³-hybridized carbons (Fsp3) is 0.185. The van der Waals surface area contributed by atoms with Gasteiger partial charge in [0.05, 0.1) is 19.0 Å². The van der Waals surface area contributed by atoms with Crippen molar-refractivity contribution in [3.63, 3.8) is 0 Å². The second-order valence-electron chi connectivity index (χ2n) is 7.83. The molecule has 0 aliphatic rings. The molecule has 0 fully saturated rings. The summed E-state index contributed by atoms with van der Waals surface area (Å²) in [7, 11) is 1.32. The molecule has 1 aromatic heterocycles. The van der Waals surface area contributed by atoms with Crippen LogP contribution in [0, 0.1) is 6.92 Å². The van der Waals surface area contributed by atoms with Crippen LogP contribution in [-0.4, -0.2) is 30.2 Å².